The lowest BCUT2D eigenvalue weighted by molar-refractivity contribution is -0.384. The summed E-state index contributed by atoms with van der Waals surface area (Å²) in [5.41, 5.74) is 1.08. The third kappa shape index (κ3) is 3.28. The maximum absolute atomic E-state index is 14.5. The SMILES string of the molecule is Cc1cc([N+](=O)[O-])ccc1N1C(=O)[C@H]2C(CC(C)C)NC3(c4ccccc4-n4c3nc3ccccc3c4=O)[C@H]2C1=O. The molecule has 206 valence electrons. The van der Waals surface area contributed by atoms with Crippen LogP contribution in [-0.4, -0.2) is 32.3 Å². The summed E-state index contributed by atoms with van der Waals surface area (Å²) < 4.78 is 1.58. The quantitative estimate of drug-likeness (QED) is 0.232. The third-order valence-corrected chi connectivity index (χ3v) is 8.72. The van der Waals surface area contributed by atoms with Gasteiger partial charge in [0, 0.05) is 23.7 Å². The Morgan fingerprint density at radius 2 is 1.73 bits per heavy atom. The number of nitrogens with zero attached hydrogens (tertiary/aromatic N) is 4. The van der Waals surface area contributed by atoms with Gasteiger partial charge in [-0.1, -0.05) is 44.2 Å². The molecule has 3 aliphatic heterocycles. The number of aromatic nitrogens is 2. The molecule has 10 heteroatoms. The number of amides is 2. The number of imide groups is 1. The highest BCUT2D eigenvalue weighted by molar-refractivity contribution is 6.23. The average Bonchev–Trinajstić information content (AvgIpc) is 3.51. The van der Waals surface area contributed by atoms with E-state index in [1.165, 1.54) is 23.1 Å². The van der Waals surface area contributed by atoms with Crippen LogP contribution in [0.1, 0.15) is 37.2 Å². The van der Waals surface area contributed by atoms with E-state index in [0.29, 0.717) is 40.1 Å². The zero-order chi connectivity index (χ0) is 28.8. The zero-order valence-corrected chi connectivity index (χ0v) is 22.7. The summed E-state index contributed by atoms with van der Waals surface area (Å²) in [6, 6.07) is 18.3. The van der Waals surface area contributed by atoms with Crippen molar-refractivity contribution in [1.82, 2.24) is 14.9 Å². The first-order valence-corrected chi connectivity index (χ1v) is 13.7. The van der Waals surface area contributed by atoms with Crippen molar-refractivity contribution < 1.29 is 14.5 Å². The van der Waals surface area contributed by atoms with Crippen molar-refractivity contribution in [2.75, 3.05) is 4.90 Å². The number of anilines is 1. The Morgan fingerprint density at radius 3 is 2.46 bits per heavy atom. The minimum Gasteiger partial charge on any atom is -0.297 e. The molecule has 7 rings (SSSR count). The molecule has 41 heavy (non-hydrogen) atoms. The second kappa shape index (κ2) is 8.65. The summed E-state index contributed by atoms with van der Waals surface area (Å²) in [4.78, 5) is 59.7. The number of nitrogens with one attached hydrogen (secondary N) is 1. The van der Waals surface area contributed by atoms with Gasteiger partial charge in [-0.25, -0.2) is 9.88 Å². The van der Waals surface area contributed by atoms with Crippen LogP contribution < -0.4 is 15.8 Å². The second-order valence-electron chi connectivity index (χ2n) is 11.5. The fourth-order valence-electron chi connectivity index (χ4n) is 7.17. The molecular formula is C31H27N5O5. The molecular weight excluding hydrogens is 522 g/mol. The molecule has 2 fully saturated rings. The molecule has 4 aromatic rings. The van der Waals surface area contributed by atoms with E-state index in [2.05, 4.69) is 19.2 Å². The monoisotopic (exact) mass is 549 g/mol. The van der Waals surface area contributed by atoms with Crippen LogP contribution in [0.5, 0.6) is 0 Å². The molecule has 0 bridgehead atoms. The van der Waals surface area contributed by atoms with Crippen molar-refractivity contribution in [3.05, 3.63) is 104 Å². The lowest BCUT2D eigenvalue weighted by Crippen LogP contribution is -2.50. The topological polar surface area (TPSA) is 127 Å². The largest absolute Gasteiger partial charge is 0.297 e. The molecule has 2 amide bonds. The van der Waals surface area contributed by atoms with Crippen molar-refractivity contribution >= 4 is 34.1 Å². The van der Waals surface area contributed by atoms with Gasteiger partial charge >= 0.3 is 0 Å². The summed E-state index contributed by atoms with van der Waals surface area (Å²) in [6.45, 7) is 5.78. The van der Waals surface area contributed by atoms with Gasteiger partial charge in [0.05, 0.1) is 39.0 Å². The molecule has 3 aromatic carbocycles. The zero-order valence-electron chi connectivity index (χ0n) is 22.7. The van der Waals surface area contributed by atoms with E-state index < -0.39 is 28.2 Å². The van der Waals surface area contributed by atoms with E-state index in [0.717, 1.165) is 5.56 Å². The Balaban J connectivity index is 1.49. The lowest BCUT2D eigenvalue weighted by atomic mass is 9.75. The first kappa shape index (κ1) is 25.3. The van der Waals surface area contributed by atoms with Crippen molar-refractivity contribution in [3.63, 3.8) is 0 Å². The summed E-state index contributed by atoms with van der Waals surface area (Å²) in [5, 5.41) is 15.5. The number of benzene rings is 3. The highest BCUT2D eigenvalue weighted by Crippen LogP contribution is 2.56. The number of hydrogen-bond acceptors (Lipinski definition) is 7. The molecule has 1 N–H and O–H groups in total. The molecule has 2 unspecified atom stereocenters. The van der Waals surface area contributed by atoms with Crippen LogP contribution >= 0.6 is 0 Å². The minimum atomic E-state index is -1.22. The first-order valence-electron chi connectivity index (χ1n) is 13.7. The van der Waals surface area contributed by atoms with E-state index in [4.69, 9.17) is 4.98 Å². The predicted octanol–water partition coefficient (Wildman–Crippen LogP) is 3.98. The number of hydrogen-bond donors (Lipinski definition) is 1. The van der Waals surface area contributed by atoms with Crippen LogP contribution in [0.25, 0.3) is 16.6 Å². The van der Waals surface area contributed by atoms with E-state index >= 15 is 0 Å². The molecule has 0 saturated carbocycles. The second-order valence-corrected chi connectivity index (χ2v) is 11.5. The standard InChI is InChI=1S/C31H27N5O5/c1-16(2)14-22-25-26(29(39)34(28(25)38)23-13-12-18(36(40)41)15-17(23)3)31(33-22)20-9-5-7-11-24(20)35-27(37)19-8-4-6-10-21(19)32-30(31)35/h4-13,15-16,22,25-26,33H,14H2,1-3H3/t22?,25-,26+,31?/m0/s1. The molecule has 2 saturated heterocycles. The maximum Gasteiger partial charge on any atom is 0.269 e. The molecule has 4 atom stereocenters. The number of rotatable bonds is 4. The normalized spacial score (nSPS) is 24.4. The van der Waals surface area contributed by atoms with Gasteiger partial charge < -0.3 is 0 Å². The van der Waals surface area contributed by atoms with Gasteiger partial charge in [0.2, 0.25) is 11.8 Å². The maximum atomic E-state index is 14.5. The van der Waals surface area contributed by atoms with Crippen molar-refractivity contribution in [1.29, 1.82) is 0 Å². The van der Waals surface area contributed by atoms with Crippen LogP contribution in [0.15, 0.2) is 71.5 Å². The molecule has 4 heterocycles. The van der Waals surface area contributed by atoms with Crippen LogP contribution in [0.2, 0.25) is 0 Å². The van der Waals surface area contributed by atoms with E-state index in [1.54, 1.807) is 29.7 Å². The van der Waals surface area contributed by atoms with Gasteiger partial charge in [0.15, 0.2) is 0 Å². The van der Waals surface area contributed by atoms with Crippen LogP contribution in [0.3, 0.4) is 0 Å². The highest BCUT2D eigenvalue weighted by atomic mass is 16.6. The summed E-state index contributed by atoms with van der Waals surface area (Å²) in [6.07, 6.45) is 0.620. The minimum absolute atomic E-state index is 0.115. The smallest absolute Gasteiger partial charge is 0.269 e. The molecule has 3 aliphatic rings. The predicted molar refractivity (Wildman–Crippen MR) is 152 cm³/mol. The highest BCUT2D eigenvalue weighted by Gasteiger charge is 2.69. The number of carbonyl (C=O) groups excluding carboxylic acids is 2. The summed E-state index contributed by atoms with van der Waals surface area (Å²) >= 11 is 0. The molecule has 0 radical (unpaired) electrons. The Hall–Kier alpha value is -4.70. The number of nitro groups is 1. The van der Waals surface area contributed by atoms with Gasteiger partial charge in [-0.2, -0.15) is 0 Å². The lowest BCUT2D eigenvalue weighted by Gasteiger charge is -2.32. The van der Waals surface area contributed by atoms with Crippen LogP contribution in [0.4, 0.5) is 11.4 Å². The van der Waals surface area contributed by atoms with Crippen LogP contribution in [0, 0.1) is 34.8 Å². The van der Waals surface area contributed by atoms with E-state index in [-0.39, 0.29) is 29.1 Å². The Bertz CT molecular complexity index is 1880. The third-order valence-electron chi connectivity index (χ3n) is 8.72. The van der Waals surface area contributed by atoms with Crippen LogP contribution in [-0.2, 0) is 15.1 Å². The first-order chi connectivity index (χ1) is 19.6. The fraction of sp³-hybridized carbons (Fsp3) is 0.290. The van der Waals surface area contributed by atoms with E-state index in [9.17, 15) is 24.5 Å². The molecule has 0 aliphatic carbocycles. The Kier molecular flexibility index (Phi) is 5.33. The average molecular weight is 550 g/mol. The Labute approximate surface area is 234 Å². The van der Waals surface area contributed by atoms with Crippen molar-refractivity contribution in [2.24, 2.45) is 17.8 Å². The Morgan fingerprint density at radius 1 is 1.00 bits per heavy atom. The fourth-order valence-corrected chi connectivity index (χ4v) is 7.17. The summed E-state index contributed by atoms with van der Waals surface area (Å²) in [5.74, 6) is -1.76. The number of fused-ring (bicyclic) bond motifs is 8. The molecule has 1 aromatic heterocycles. The number of para-hydroxylation sites is 2. The number of carbonyl (C=O) groups is 2. The van der Waals surface area contributed by atoms with E-state index in [1.807, 2.05) is 30.3 Å². The molecule has 1 spiro atoms. The van der Waals surface area contributed by atoms with Gasteiger partial charge in [0.25, 0.3) is 11.2 Å². The van der Waals surface area contributed by atoms with Gasteiger partial charge in [-0.15, -0.1) is 0 Å². The van der Waals surface area contributed by atoms with Crippen molar-refractivity contribution in [3.8, 4) is 5.69 Å². The number of non-ortho nitro benzene ring substituents is 1. The number of nitro benzene ring substituents is 1. The van der Waals surface area contributed by atoms with Gasteiger partial charge in [-0.3, -0.25) is 34.4 Å². The molecule has 10 nitrogen and oxygen atoms in total. The van der Waals surface area contributed by atoms with Crippen molar-refractivity contribution in [2.45, 2.75) is 38.8 Å². The van der Waals surface area contributed by atoms with Gasteiger partial charge in [0.1, 0.15) is 11.4 Å². The van der Waals surface area contributed by atoms with Gasteiger partial charge in [-0.05, 0) is 49.1 Å². The number of aryl methyl sites for hydroxylation is 1. The summed E-state index contributed by atoms with van der Waals surface area (Å²) in [7, 11) is 0.